The molecule has 3 rings (SSSR count). The molecule has 0 saturated carbocycles. The Labute approximate surface area is 142 Å². The van der Waals surface area contributed by atoms with E-state index in [9.17, 15) is 9.90 Å². The van der Waals surface area contributed by atoms with Gasteiger partial charge in [-0.2, -0.15) is 0 Å². The number of para-hydroxylation sites is 2. The molecule has 2 aromatic rings. The molecule has 1 aliphatic heterocycles. The summed E-state index contributed by atoms with van der Waals surface area (Å²) in [5.74, 6) is 0.0709. The maximum absolute atomic E-state index is 12.7. The van der Waals surface area contributed by atoms with E-state index in [0.717, 1.165) is 13.1 Å². The predicted molar refractivity (Wildman–Crippen MR) is 94.0 cm³/mol. The van der Waals surface area contributed by atoms with Gasteiger partial charge in [0.15, 0.2) is 11.5 Å². The van der Waals surface area contributed by atoms with Crippen LogP contribution >= 0.6 is 0 Å². The minimum absolute atomic E-state index is 0.0914. The first kappa shape index (κ1) is 16.2. The molecule has 0 radical (unpaired) electrons. The SMILES string of the molecule is COc1cccc(C(=O)N2CCN(c3ccccc3C)CC2)c1O. The lowest BCUT2D eigenvalue weighted by Gasteiger charge is -2.37. The maximum Gasteiger partial charge on any atom is 0.257 e. The lowest BCUT2D eigenvalue weighted by atomic mass is 10.1. The fraction of sp³-hybridized carbons (Fsp3) is 0.316. The van der Waals surface area contributed by atoms with Crippen LogP contribution in [0.25, 0.3) is 0 Å². The van der Waals surface area contributed by atoms with Crippen molar-refractivity contribution in [3.05, 3.63) is 53.6 Å². The fourth-order valence-electron chi connectivity index (χ4n) is 3.10. The molecule has 0 unspecified atom stereocenters. The van der Waals surface area contributed by atoms with Gasteiger partial charge in [0.1, 0.15) is 0 Å². The summed E-state index contributed by atoms with van der Waals surface area (Å²) >= 11 is 0. The summed E-state index contributed by atoms with van der Waals surface area (Å²) in [6.07, 6.45) is 0. The minimum Gasteiger partial charge on any atom is -0.504 e. The van der Waals surface area contributed by atoms with Gasteiger partial charge in [0.05, 0.1) is 12.7 Å². The van der Waals surface area contributed by atoms with E-state index < -0.39 is 0 Å². The highest BCUT2D eigenvalue weighted by Gasteiger charge is 2.25. The lowest BCUT2D eigenvalue weighted by molar-refractivity contribution is 0.0743. The normalized spacial score (nSPS) is 14.6. The average molecular weight is 326 g/mol. The summed E-state index contributed by atoms with van der Waals surface area (Å²) in [5, 5.41) is 10.2. The molecule has 1 N–H and O–H groups in total. The summed E-state index contributed by atoms with van der Waals surface area (Å²) < 4.78 is 5.08. The first-order valence-electron chi connectivity index (χ1n) is 8.07. The van der Waals surface area contributed by atoms with Crippen molar-refractivity contribution in [2.75, 3.05) is 38.2 Å². The lowest BCUT2D eigenvalue weighted by Crippen LogP contribution is -2.49. The van der Waals surface area contributed by atoms with Gasteiger partial charge in [-0.1, -0.05) is 24.3 Å². The Kier molecular flexibility index (Phi) is 4.60. The Morgan fingerprint density at radius 3 is 2.42 bits per heavy atom. The number of phenolic OH excluding ortho intramolecular Hbond substituents is 1. The number of carbonyl (C=O) groups excluding carboxylic acids is 1. The number of methoxy groups -OCH3 is 1. The Balaban J connectivity index is 1.71. The van der Waals surface area contributed by atoms with Crippen LogP contribution in [0.2, 0.25) is 0 Å². The van der Waals surface area contributed by atoms with Crippen LogP contribution in [0.15, 0.2) is 42.5 Å². The van der Waals surface area contributed by atoms with Crippen LogP contribution in [0.3, 0.4) is 0 Å². The van der Waals surface area contributed by atoms with Crippen molar-refractivity contribution in [2.45, 2.75) is 6.92 Å². The number of hydrogen-bond acceptors (Lipinski definition) is 4. The Morgan fingerprint density at radius 1 is 1.04 bits per heavy atom. The van der Waals surface area contributed by atoms with Crippen LogP contribution in [0.1, 0.15) is 15.9 Å². The number of aromatic hydroxyl groups is 1. The van der Waals surface area contributed by atoms with Gasteiger partial charge in [0, 0.05) is 31.9 Å². The molecule has 1 saturated heterocycles. The van der Waals surface area contributed by atoms with E-state index in [4.69, 9.17) is 4.74 Å². The van der Waals surface area contributed by atoms with Gasteiger partial charge >= 0.3 is 0 Å². The van der Waals surface area contributed by atoms with E-state index in [-0.39, 0.29) is 11.7 Å². The molecule has 5 heteroatoms. The number of piperazine rings is 1. The molecule has 24 heavy (non-hydrogen) atoms. The molecule has 5 nitrogen and oxygen atoms in total. The van der Waals surface area contributed by atoms with Gasteiger partial charge in [0.25, 0.3) is 5.91 Å². The molecule has 126 valence electrons. The third-order valence-corrected chi connectivity index (χ3v) is 4.47. The third kappa shape index (κ3) is 3.02. The van der Waals surface area contributed by atoms with Crippen molar-refractivity contribution < 1.29 is 14.6 Å². The van der Waals surface area contributed by atoms with Crippen molar-refractivity contribution >= 4 is 11.6 Å². The number of aryl methyl sites for hydroxylation is 1. The molecule has 1 amide bonds. The third-order valence-electron chi connectivity index (χ3n) is 4.47. The molecule has 0 bridgehead atoms. The summed E-state index contributed by atoms with van der Waals surface area (Å²) in [5.41, 5.74) is 2.75. The Bertz CT molecular complexity index is 737. The first-order chi connectivity index (χ1) is 11.6. The second-order valence-electron chi connectivity index (χ2n) is 5.92. The molecule has 1 aliphatic rings. The number of anilines is 1. The highest BCUT2D eigenvalue weighted by atomic mass is 16.5. The van der Waals surface area contributed by atoms with Crippen LogP contribution in [0.5, 0.6) is 11.5 Å². The number of benzene rings is 2. The number of ether oxygens (including phenoxy) is 1. The molecule has 2 aromatic carbocycles. The van der Waals surface area contributed by atoms with Crippen molar-refractivity contribution in [3.63, 3.8) is 0 Å². The molecular weight excluding hydrogens is 304 g/mol. The minimum atomic E-state index is -0.157. The van der Waals surface area contributed by atoms with Crippen LogP contribution in [-0.4, -0.2) is 49.2 Å². The van der Waals surface area contributed by atoms with Crippen molar-refractivity contribution in [2.24, 2.45) is 0 Å². The van der Waals surface area contributed by atoms with E-state index in [1.54, 1.807) is 23.1 Å². The topological polar surface area (TPSA) is 53.0 Å². The van der Waals surface area contributed by atoms with Crippen molar-refractivity contribution in [1.29, 1.82) is 0 Å². The molecule has 1 fully saturated rings. The largest absolute Gasteiger partial charge is 0.504 e. The summed E-state index contributed by atoms with van der Waals surface area (Å²) in [7, 11) is 1.48. The van der Waals surface area contributed by atoms with Gasteiger partial charge in [-0.05, 0) is 30.7 Å². The van der Waals surface area contributed by atoms with E-state index >= 15 is 0 Å². The van der Waals surface area contributed by atoms with Gasteiger partial charge in [-0.3, -0.25) is 4.79 Å². The quantitative estimate of drug-likeness (QED) is 0.942. The maximum atomic E-state index is 12.7. The molecule has 0 spiro atoms. The average Bonchev–Trinajstić information content (AvgIpc) is 2.62. The van der Waals surface area contributed by atoms with Crippen LogP contribution in [-0.2, 0) is 0 Å². The number of nitrogens with zero attached hydrogens (tertiary/aromatic N) is 2. The Hall–Kier alpha value is -2.69. The zero-order valence-electron chi connectivity index (χ0n) is 14.0. The second kappa shape index (κ2) is 6.83. The predicted octanol–water partition coefficient (Wildman–Crippen LogP) is 2.67. The van der Waals surface area contributed by atoms with Crippen LogP contribution in [0.4, 0.5) is 5.69 Å². The van der Waals surface area contributed by atoms with Crippen LogP contribution in [0, 0.1) is 6.92 Å². The van der Waals surface area contributed by atoms with Gasteiger partial charge in [-0.15, -0.1) is 0 Å². The van der Waals surface area contributed by atoms with E-state index in [2.05, 4.69) is 24.0 Å². The first-order valence-corrected chi connectivity index (χ1v) is 8.07. The number of hydrogen-bond donors (Lipinski definition) is 1. The molecule has 0 atom stereocenters. The number of rotatable bonds is 3. The zero-order valence-corrected chi connectivity index (χ0v) is 14.0. The monoisotopic (exact) mass is 326 g/mol. The highest BCUT2D eigenvalue weighted by Crippen LogP contribution is 2.30. The number of amides is 1. The number of phenols is 1. The summed E-state index contributed by atoms with van der Waals surface area (Å²) in [6.45, 7) is 4.91. The highest BCUT2D eigenvalue weighted by molar-refractivity contribution is 5.97. The Morgan fingerprint density at radius 2 is 1.75 bits per heavy atom. The van der Waals surface area contributed by atoms with Crippen LogP contribution < -0.4 is 9.64 Å². The summed E-state index contributed by atoms with van der Waals surface area (Å²) in [6, 6.07) is 13.3. The van der Waals surface area contributed by atoms with Crippen molar-refractivity contribution in [1.82, 2.24) is 4.90 Å². The number of carbonyl (C=O) groups is 1. The van der Waals surface area contributed by atoms with Gasteiger partial charge < -0.3 is 19.6 Å². The van der Waals surface area contributed by atoms with E-state index in [1.165, 1.54) is 18.4 Å². The van der Waals surface area contributed by atoms with E-state index in [0.29, 0.717) is 24.4 Å². The van der Waals surface area contributed by atoms with E-state index in [1.807, 2.05) is 12.1 Å². The van der Waals surface area contributed by atoms with Gasteiger partial charge in [-0.25, -0.2) is 0 Å². The fourth-order valence-corrected chi connectivity index (χ4v) is 3.10. The molecule has 0 aromatic heterocycles. The van der Waals surface area contributed by atoms with Gasteiger partial charge in [0.2, 0.25) is 0 Å². The molecule has 0 aliphatic carbocycles. The summed E-state index contributed by atoms with van der Waals surface area (Å²) in [4.78, 5) is 16.8. The van der Waals surface area contributed by atoms with Crippen molar-refractivity contribution in [3.8, 4) is 11.5 Å². The molecule has 1 heterocycles. The zero-order chi connectivity index (χ0) is 17.1. The second-order valence-corrected chi connectivity index (χ2v) is 5.92. The molecular formula is C19H22N2O3. The standard InChI is InChI=1S/C19H22N2O3/c1-14-6-3-4-8-16(14)20-10-12-21(13-11-20)19(23)15-7-5-9-17(24-2)18(15)22/h3-9,22H,10-13H2,1-2H3. The smallest absolute Gasteiger partial charge is 0.257 e.